The highest BCUT2D eigenvalue weighted by atomic mass is 19.1. The van der Waals surface area contributed by atoms with Crippen molar-refractivity contribution in [3.05, 3.63) is 53.7 Å². The Kier molecular flexibility index (Phi) is 5.01. The first-order valence-corrected chi connectivity index (χ1v) is 6.66. The summed E-state index contributed by atoms with van der Waals surface area (Å²) in [5, 5.41) is 3.21. The summed E-state index contributed by atoms with van der Waals surface area (Å²) >= 11 is 0. The van der Waals surface area contributed by atoms with Gasteiger partial charge in [-0.2, -0.15) is 0 Å². The third-order valence-electron chi connectivity index (χ3n) is 2.97. The zero-order valence-electron chi connectivity index (χ0n) is 11.8. The van der Waals surface area contributed by atoms with Crippen LogP contribution >= 0.6 is 0 Å². The van der Waals surface area contributed by atoms with Gasteiger partial charge in [0.2, 0.25) is 0 Å². The molecule has 1 aromatic carbocycles. The third kappa shape index (κ3) is 3.99. The first-order valence-electron chi connectivity index (χ1n) is 6.66. The number of aromatic nitrogens is 2. The van der Waals surface area contributed by atoms with Gasteiger partial charge < -0.3 is 10.2 Å². The molecule has 0 saturated carbocycles. The van der Waals surface area contributed by atoms with Crippen LogP contribution in [-0.2, 0) is 13.1 Å². The highest BCUT2D eigenvalue weighted by Gasteiger charge is 2.05. The van der Waals surface area contributed by atoms with Crippen LogP contribution in [0.5, 0.6) is 0 Å². The second-order valence-electron chi connectivity index (χ2n) is 4.63. The Labute approximate surface area is 118 Å². The van der Waals surface area contributed by atoms with Crippen LogP contribution in [0.1, 0.15) is 18.2 Å². The second-order valence-corrected chi connectivity index (χ2v) is 4.63. The molecule has 1 N–H and O–H groups in total. The zero-order chi connectivity index (χ0) is 14.4. The minimum absolute atomic E-state index is 0.219. The largest absolute Gasteiger partial charge is 0.354 e. The van der Waals surface area contributed by atoms with Gasteiger partial charge in [-0.1, -0.05) is 19.1 Å². The Morgan fingerprint density at radius 2 is 1.90 bits per heavy atom. The van der Waals surface area contributed by atoms with E-state index in [0.717, 1.165) is 30.2 Å². The summed E-state index contributed by atoms with van der Waals surface area (Å²) in [5.41, 5.74) is 1.96. The van der Waals surface area contributed by atoms with Crippen molar-refractivity contribution in [2.75, 3.05) is 18.5 Å². The quantitative estimate of drug-likeness (QED) is 0.878. The van der Waals surface area contributed by atoms with Crippen LogP contribution in [0.25, 0.3) is 0 Å². The van der Waals surface area contributed by atoms with Crippen LogP contribution in [0.15, 0.2) is 36.7 Å². The number of nitrogens with one attached hydrogen (secondary N) is 1. The molecule has 0 spiro atoms. The molecule has 0 fully saturated rings. The van der Waals surface area contributed by atoms with E-state index in [-0.39, 0.29) is 5.82 Å². The molecule has 1 aromatic heterocycles. The molecule has 0 atom stereocenters. The molecule has 5 heteroatoms. The minimum Gasteiger partial charge on any atom is -0.354 e. The van der Waals surface area contributed by atoms with Crippen molar-refractivity contribution < 1.29 is 4.39 Å². The summed E-state index contributed by atoms with van der Waals surface area (Å²) in [4.78, 5) is 10.7. The van der Waals surface area contributed by atoms with Crippen LogP contribution in [0, 0.1) is 5.82 Å². The number of hydrogen-bond acceptors (Lipinski definition) is 4. The highest BCUT2D eigenvalue weighted by Crippen LogP contribution is 2.12. The van der Waals surface area contributed by atoms with Gasteiger partial charge in [-0.15, -0.1) is 0 Å². The van der Waals surface area contributed by atoms with Gasteiger partial charge in [0, 0.05) is 20.1 Å². The van der Waals surface area contributed by atoms with E-state index in [1.165, 1.54) is 12.1 Å². The molecule has 0 aliphatic rings. The first kappa shape index (κ1) is 14.4. The summed E-state index contributed by atoms with van der Waals surface area (Å²) in [5.74, 6) is 0.582. The average molecular weight is 274 g/mol. The number of anilines is 1. The molecule has 0 amide bonds. The number of benzene rings is 1. The van der Waals surface area contributed by atoms with Gasteiger partial charge in [0.25, 0.3) is 0 Å². The molecule has 20 heavy (non-hydrogen) atoms. The maximum atomic E-state index is 12.9. The van der Waals surface area contributed by atoms with Gasteiger partial charge in [0.05, 0.1) is 18.1 Å². The Balaban J connectivity index is 1.98. The minimum atomic E-state index is -0.219. The van der Waals surface area contributed by atoms with Gasteiger partial charge in [-0.05, 0) is 24.2 Å². The van der Waals surface area contributed by atoms with E-state index in [2.05, 4.69) is 22.2 Å². The van der Waals surface area contributed by atoms with Crippen molar-refractivity contribution in [1.82, 2.24) is 15.3 Å². The van der Waals surface area contributed by atoms with Crippen molar-refractivity contribution in [1.29, 1.82) is 0 Å². The zero-order valence-corrected chi connectivity index (χ0v) is 11.8. The fourth-order valence-corrected chi connectivity index (χ4v) is 1.83. The smallest absolute Gasteiger partial charge is 0.147 e. The lowest BCUT2D eigenvalue weighted by Gasteiger charge is -2.18. The van der Waals surface area contributed by atoms with E-state index in [4.69, 9.17) is 0 Å². The van der Waals surface area contributed by atoms with Crippen LogP contribution in [0.3, 0.4) is 0 Å². The molecule has 0 saturated heterocycles. The van der Waals surface area contributed by atoms with E-state index in [1.54, 1.807) is 24.5 Å². The van der Waals surface area contributed by atoms with Crippen molar-refractivity contribution in [3.8, 4) is 0 Å². The summed E-state index contributed by atoms with van der Waals surface area (Å²) in [7, 11) is 1.94. The molecule has 106 valence electrons. The van der Waals surface area contributed by atoms with Crippen LogP contribution < -0.4 is 10.2 Å². The Morgan fingerprint density at radius 3 is 2.50 bits per heavy atom. The fraction of sp³-hybridized carbons (Fsp3) is 0.333. The molecular weight excluding hydrogens is 255 g/mol. The molecule has 0 unspecified atom stereocenters. The number of halogens is 1. The molecule has 4 nitrogen and oxygen atoms in total. The summed E-state index contributed by atoms with van der Waals surface area (Å²) in [6.07, 6.45) is 3.54. The summed E-state index contributed by atoms with van der Waals surface area (Å²) < 4.78 is 12.9. The van der Waals surface area contributed by atoms with Crippen molar-refractivity contribution in [3.63, 3.8) is 0 Å². The van der Waals surface area contributed by atoms with Gasteiger partial charge in [0.1, 0.15) is 11.6 Å². The summed E-state index contributed by atoms with van der Waals surface area (Å²) in [6, 6.07) is 6.49. The molecule has 0 radical (unpaired) electrons. The maximum absolute atomic E-state index is 12.9. The Bertz CT molecular complexity index is 525. The molecular formula is C15H19FN4. The SMILES string of the molecule is CCNCc1cnc(N(C)Cc2ccc(F)cc2)cn1. The van der Waals surface area contributed by atoms with Gasteiger partial charge in [0.15, 0.2) is 0 Å². The number of hydrogen-bond donors (Lipinski definition) is 1. The lowest BCUT2D eigenvalue weighted by Crippen LogP contribution is -2.19. The third-order valence-corrected chi connectivity index (χ3v) is 2.97. The lowest BCUT2D eigenvalue weighted by atomic mass is 10.2. The van der Waals surface area contributed by atoms with E-state index in [9.17, 15) is 4.39 Å². The fourth-order valence-electron chi connectivity index (χ4n) is 1.83. The van der Waals surface area contributed by atoms with E-state index >= 15 is 0 Å². The van der Waals surface area contributed by atoms with Crippen LogP contribution in [0.2, 0.25) is 0 Å². The predicted molar refractivity (Wildman–Crippen MR) is 77.9 cm³/mol. The van der Waals surface area contributed by atoms with Crippen molar-refractivity contribution in [2.45, 2.75) is 20.0 Å². The van der Waals surface area contributed by atoms with Crippen molar-refractivity contribution in [2.24, 2.45) is 0 Å². The second kappa shape index (κ2) is 6.96. The van der Waals surface area contributed by atoms with E-state index in [1.807, 2.05) is 11.9 Å². The monoisotopic (exact) mass is 274 g/mol. The molecule has 1 heterocycles. The van der Waals surface area contributed by atoms with Crippen LogP contribution in [0.4, 0.5) is 10.2 Å². The highest BCUT2D eigenvalue weighted by molar-refractivity contribution is 5.36. The predicted octanol–water partition coefficient (Wildman–Crippen LogP) is 2.36. The summed E-state index contributed by atoms with van der Waals surface area (Å²) in [6.45, 7) is 4.36. The van der Waals surface area contributed by atoms with Gasteiger partial charge in [-0.25, -0.2) is 9.37 Å². The normalized spacial score (nSPS) is 10.6. The molecule has 0 bridgehead atoms. The van der Waals surface area contributed by atoms with E-state index < -0.39 is 0 Å². The maximum Gasteiger partial charge on any atom is 0.147 e. The van der Waals surface area contributed by atoms with Gasteiger partial charge in [-0.3, -0.25) is 4.98 Å². The topological polar surface area (TPSA) is 41.1 Å². The number of nitrogens with zero attached hydrogens (tertiary/aromatic N) is 3. The molecule has 0 aliphatic carbocycles. The van der Waals surface area contributed by atoms with Gasteiger partial charge >= 0.3 is 0 Å². The lowest BCUT2D eigenvalue weighted by molar-refractivity contribution is 0.627. The average Bonchev–Trinajstić information content (AvgIpc) is 2.48. The molecule has 0 aliphatic heterocycles. The number of rotatable bonds is 6. The first-order chi connectivity index (χ1) is 9.69. The Hall–Kier alpha value is -2.01. The molecule has 2 aromatic rings. The van der Waals surface area contributed by atoms with E-state index in [0.29, 0.717) is 6.54 Å². The Morgan fingerprint density at radius 1 is 1.15 bits per heavy atom. The standard InChI is InChI=1S/C15H19FN4/c1-3-17-8-14-9-19-15(10-18-14)20(2)11-12-4-6-13(16)7-5-12/h4-7,9-10,17H,3,8,11H2,1-2H3. The van der Waals surface area contributed by atoms with Crippen molar-refractivity contribution >= 4 is 5.82 Å². The molecule has 2 rings (SSSR count). The van der Waals surface area contributed by atoms with Crippen LogP contribution in [-0.4, -0.2) is 23.6 Å².